The minimum absolute atomic E-state index is 0.00115. The molecule has 2 aromatic rings. The van der Waals surface area contributed by atoms with Gasteiger partial charge in [-0.25, -0.2) is 0 Å². The van der Waals surface area contributed by atoms with Crippen molar-refractivity contribution in [3.63, 3.8) is 0 Å². The summed E-state index contributed by atoms with van der Waals surface area (Å²) in [5, 5.41) is 12.1. The number of rotatable bonds is 3. The summed E-state index contributed by atoms with van der Waals surface area (Å²) in [6.45, 7) is 1.97. The third-order valence-electron chi connectivity index (χ3n) is 2.52. The van der Waals surface area contributed by atoms with Crippen molar-refractivity contribution in [2.75, 3.05) is 11.1 Å². The summed E-state index contributed by atoms with van der Waals surface area (Å²) in [7, 11) is 0. The molecular formula is C13H13N3O. The molecule has 1 unspecified atom stereocenters. The summed E-state index contributed by atoms with van der Waals surface area (Å²) in [4.78, 5) is 0. The number of benzene rings is 1. The molecule has 86 valence electrons. The van der Waals surface area contributed by atoms with Crippen LogP contribution in [0.3, 0.4) is 0 Å². The molecular weight excluding hydrogens is 214 g/mol. The van der Waals surface area contributed by atoms with Gasteiger partial charge in [-0.05, 0) is 37.3 Å². The van der Waals surface area contributed by atoms with Gasteiger partial charge in [0.2, 0.25) is 0 Å². The zero-order chi connectivity index (χ0) is 12.3. The second-order valence-corrected chi connectivity index (χ2v) is 3.80. The zero-order valence-corrected chi connectivity index (χ0v) is 9.47. The van der Waals surface area contributed by atoms with E-state index in [1.54, 1.807) is 24.5 Å². The van der Waals surface area contributed by atoms with E-state index in [0.717, 1.165) is 11.4 Å². The molecule has 0 saturated carbocycles. The minimum Gasteiger partial charge on any atom is -0.467 e. The molecule has 1 aromatic heterocycles. The SMILES string of the molecule is CC(Nc1cc(C#N)ccc1N)c1ccco1. The van der Waals surface area contributed by atoms with Crippen molar-refractivity contribution >= 4 is 11.4 Å². The third-order valence-corrected chi connectivity index (χ3v) is 2.52. The molecule has 0 aliphatic carbocycles. The second kappa shape index (κ2) is 4.62. The summed E-state index contributed by atoms with van der Waals surface area (Å²) >= 11 is 0. The Labute approximate surface area is 99.7 Å². The van der Waals surface area contributed by atoms with Gasteiger partial charge < -0.3 is 15.5 Å². The lowest BCUT2D eigenvalue weighted by Gasteiger charge is -2.14. The molecule has 17 heavy (non-hydrogen) atoms. The first-order chi connectivity index (χ1) is 8.20. The second-order valence-electron chi connectivity index (χ2n) is 3.80. The van der Waals surface area contributed by atoms with E-state index in [9.17, 15) is 0 Å². The van der Waals surface area contributed by atoms with Crippen LogP contribution in [0.2, 0.25) is 0 Å². The minimum atomic E-state index is 0.00115. The Bertz CT molecular complexity index is 540. The fourth-order valence-electron chi connectivity index (χ4n) is 1.59. The van der Waals surface area contributed by atoms with Gasteiger partial charge in [0.1, 0.15) is 5.76 Å². The summed E-state index contributed by atoms with van der Waals surface area (Å²) in [5.41, 5.74) is 7.78. The fraction of sp³-hybridized carbons (Fsp3) is 0.154. The summed E-state index contributed by atoms with van der Waals surface area (Å²) in [6.07, 6.45) is 1.63. The van der Waals surface area contributed by atoms with Gasteiger partial charge >= 0.3 is 0 Å². The molecule has 1 aromatic carbocycles. The lowest BCUT2D eigenvalue weighted by Crippen LogP contribution is -2.07. The number of nitrogen functional groups attached to an aromatic ring is 1. The first-order valence-electron chi connectivity index (χ1n) is 5.30. The summed E-state index contributed by atoms with van der Waals surface area (Å²) < 4.78 is 5.30. The maximum Gasteiger partial charge on any atom is 0.125 e. The largest absolute Gasteiger partial charge is 0.467 e. The lowest BCUT2D eigenvalue weighted by molar-refractivity contribution is 0.490. The molecule has 2 rings (SSSR count). The average Bonchev–Trinajstić information content (AvgIpc) is 2.85. The Morgan fingerprint density at radius 1 is 1.41 bits per heavy atom. The van der Waals surface area contributed by atoms with E-state index in [4.69, 9.17) is 15.4 Å². The molecule has 0 bridgehead atoms. The molecule has 0 aliphatic heterocycles. The molecule has 1 heterocycles. The Morgan fingerprint density at radius 3 is 2.88 bits per heavy atom. The van der Waals surface area contributed by atoms with Gasteiger partial charge in [0.15, 0.2) is 0 Å². The molecule has 0 spiro atoms. The monoisotopic (exact) mass is 227 g/mol. The first kappa shape index (κ1) is 11.1. The predicted octanol–water partition coefficient (Wildman–Crippen LogP) is 2.91. The highest BCUT2D eigenvalue weighted by Gasteiger charge is 2.09. The molecule has 0 fully saturated rings. The molecule has 0 aliphatic rings. The van der Waals surface area contributed by atoms with Crippen molar-refractivity contribution in [1.29, 1.82) is 5.26 Å². The smallest absolute Gasteiger partial charge is 0.125 e. The van der Waals surface area contributed by atoms with Crippen LogP contribution >= 0.6 is 0 Å². The molecule has 4 heteroatoms. The van der Waals surface area contributed by atoms with E-state index in [0.29, 0.717) is 11.3 Å². The first-order valence-corrected chi connectivity index (χ1v) is 5.30. The number of furan rings is 1. The van der Waals surface area contributed by atoms with Crippen LogP contribution < -0.4 is 11.1 Å². The van der Waals surface area contributed by atoms with E-state index in [1.807, 2.05) is 19.1 Å². The third kappa shape index (κ3) is 2.40. The highest BCUT2D eigenvalue weighted by molar-refractivity contribution is 5.68. The quantitative estimate of drug-likeness (QED) is 0.790. The summed E-state index contributed by atoms with van der Waals surface area (Å²) in [6, 6.07) is 11.0. The van der Waals surface area contributed by atoms with Crippen LogP contribution in [0.5, 0.6) is 0 Å². The van der Waals surface area contributed by atoms with Crippen molar-refractivity contribution in [2.45, 2.75) is 13.0 Å². The maximum absolute atomic E-state index is 8.83. The van der Waals surface area contributed by atoms with Crippen LogP contribution in [0.15, 0.2) is 41.0 Å². The van der Waals surface area contributed by atoms with Gasteiger partial charge in [-0.3, -0.25) is 0 Å². The van der Waals surface area contributed by atoms with Crippen LogP contribution in [-0.4, -0.2) is 0 Å². The number of nitrogens with two attached hydrogens (primary N) is 1. The topological polar surface area (TPSA) is 75.0 Å². The van der Waals surface area contributed by atoms with Crippen molar-refractivity contribution in [3.05, 3.63) is 47.9 Å². The predicted molar refractivity (Wildman–Crippen MR) is 66.3 cm³/mol. The number of anilines is 2. The number of nitrogens with zero attached hydrogens (tertiary/aromatic N) is 1. The number of nitrogens with one attached hydrogen (secondary N) is 1. The molecule has 3 N–H and O–H groups in total. The van der Waals surface area contributed by atoms with Gasteiger partial charge in [0.05, 0.1) is 35.3 Å². The van der Waals surface area contributed by atoms with Crippen LogP contribution in [0.4, 0.5) is 11.4 Å². The van der Waals surface area contributed by atoms with Crippen molar-refractivity contribution in [2.24, 2.45) is 0 Å². The molecule has 0 radical (unpaired) electrons. The van der Waals surface area contributed by atoms with Gasteiger partial charge in [0.25, 0.3) is 0 Å². The lowest BCUT2D eigenvalue weighted by atomic mass is 10.1. The molecule has 4 nitrogen and oxygen atoms in total. The average molecular weight is 227 g/mol. The zero-order valence-electron chi connectivity index (χ0n) is 9.47. The van der Waals surface area contributed by atoms with E-state index in [1.165, 1.54) is 0 Å². The maximum atomic E-state index is 8.83. The van der Waals surface area contributed by atoms with Crippen molar-refractivity contribution in [1.82, 2.24) is 0 Å². The Balaban J connectivity index is 2.21. The van der Waals surface area contributed by atoms with Crippen LogP contribution in [-0.2, 0) is 0 Å². The number of hydrogen-bond donors (Lipinski definition) is 2. The summed E-state index contributed by atoms with van der Waals surface area (Å²) in [5.74, 6) is 0.826. The van der Waals surface area contributed by atoms with E-state index in [2.05, 4.69) is 11.4 Å². The van der Waals surface area contributed by atoms with Gasteiger partial charge in [-0.1, -0.05) is 0 Å². The Kier molecular flexibility index (Phi) is 3.01. The standard InChI is InChI=1S/C13H13N3O/c1-9(13-3-2-6-17-13)16-12-7-10(8-14)4-5-11(12)15/h2-7,9,16H,15H2,1H3. The normalized spacial score (nSPS) is 11.8. The highest BCUT2D eigenvalue weighted by atomic mass is 16.3. The molecule has 0 saturated heterocycles. The van der Waals surface area contributed by atoms with Gasteiger partial charge in [-0.2, -0.15) is 5.26 Å². The van der Waals surface area contributed by atoms with E-state index in [-0.39, 0.29) is 6.04 Å². The Morgan fingerprint density at radius 2 is 2.24 bits per heavy atom. The van der Waals surface area contributed by atoms with Crippen LogP contribution in [0.25, 0.3) is 0 Å². The fourth-order valence-corrected chi connectivity index (χ4v) is 1.59. The van der Waals surface area contributed by atoms with Crippen LogP contribution in [0, 0.1) is 11.3 Å². The van der Waals surface area contributed by atoms with Crippen molar-refractivity contribution < 1.29 is 4.42 Å². The number of hydrogen-bond acceptors (Lipinski definition) is 4. The van der Waals surface area contributed by atoms with Gasteiger partial charge in [-0.15, -0.1) is 0 Å². The van der Waals surface area contributed by atoms with Gasteiger partial charge in [0, 0.05) is 0 Å². The molecule has 0 amide bonds. The Hall–Kier alpha value is -2.41. The number of nitriles is 1. The van der Waals surface area contributed by atoms with E-state index >= 15 is 0 Å². The van der Waals surface area contributed by atoms with Crippen LogP contribution in [0.1, 0.15) is 24.3 Å². The van der Waals surface area contributed by atoms with E-state index < -0.39 is 0 Å². The van der Waals surface area contributed by atoms with Crippen molar-refractivity contribution in [3.8, 4) is 6.07 Å². The highest BCUT2D eigenvalue weighted by Crippen LogP contribution is 2.25. The molecule has 1 atom stereocenters.